The summed E-state index contributed by atoms with van der Waals surface area (Å²) in [5.74, 6) is 0. The molecule has 0 atom stereocenters. The molecule has 0 rings (SSSR count). The van der Waals surface area contributed by atoms with Gasteiger partial charge in [-0.15, -0.1) is 6.10 Å². The Labute approximate surface area is 80.0 Å². The summed E-state index contributed by atoms with van der Waals surface area (Å²) in [6.07, 6.45) is -0.417. The Morgan fingerprint density at radius 2 is 1.29 bits per heavy atom. The molecule has 0 unspecified atom stereocenters. The normalized spacial score (nSPS) is 5.14. The predicted molar refractivity (Wildman–Crippen MR) is 24.5 cm³/mol. The van der Waals surface area contributed by atoms with Gasteiger partial charge in [-0.25, -0.2) is 0 Å². The van der Waals surface area contributed by atoms with Crippen molar-refractivity contribution in [2.75, 3.05) is 0 Å². The van der Waals surface area contributed by atoms with Crippen LogP contribution in [0.3, 0.4) is 0 Å². The quantitative estimate of drug-likeness (QED) is 0.323. The van der Waals surface area contributed by atoms with E-state index in [0.29, 0.717) is 0 Å². The van der Waals surface area contributed by atoms with Gasteiger partial charge in [0.05, 0.1) is 0 Å². The van der Waals surface area contributed by atoms with Gasteiger partial charge in [0.1, 0.15) is 0 Å². The summed E-state index contributed by atoms with van der Waals surface area (Å²) in [5.41, 5.74) is 0. The molecule has 2 nitrogen and oxygen atoms in total. The van der Waals surface area contributed by atoms with E-state index < -0.39 is 6.10 Å². The van der Waals surface area contributed by atoms with Crippen molar-refractivity contribution in [3.63, 3.8) is 0 Å². The molecule has 4 heteroatoms. The van der Waals surface area contributed by atoms with Gasteiger partial charge in [-0.2, -0.15) is 0 Å². The third-order valence-electron chi connectivity index (χ3n) is 0. The Morgan fingerprint density at radius 3 is 1.29 bits per heavy atom. The van der Waals surface area contributed by atoms with Crippen molar-refractivity contribution in [2.45, 2.75) is 20.0 Å². The molecule has 0 aromatic carbocycles. The standard InChI is InChI=1S/C3H7O.Ca.ClH.H2O/c1-3(2)4;;;/h3H,1-2H3;;1H;1H2/q-1;+2;;/p-1. The third-order valence-corrected chi connectivity index (χ3v) is 0. The molecule has 0 spiro atoms. The minimum absolute atomic E-state index is 0. The molecule has 0 bridgehead atoms. The zero-order chi connectivity index (χ0) is 3.58. The molecule has 2 N–H and O–H groups in total. The molecule has 0 aliphatic carbocycles. The van der Waals surface area contributed by atoms with E-state index in [2.05, 4.69) is 0 Å². The van der Waals surface area contributed by atoms with Crippen LogP contribution in [0, 0.1) is 0 Å². The van der Waals surface area contributed by atoms with Crippen molar-refractivity contribution in [1.82, 2.24) is 0 Å². The van der Waals surface area contributed by atoms with Gasteiger partial charge < -0.3 is 23.0 Å². The fourth-order valence-corrected chi connectivity index (χ4v) is 0. The van der Waals surface area contributed by atoms with E-state index in [1.165, 1.54) is 0 Å². The monoisotopic (exact) mass is 152 g/mol. The van der Waals surface area contributed by atoms with Crippen molar-refractivity contribution in [2.24, 2.45) is 0 Å². The first-order valence-corrected chi connectivity index (χ1v) is 1.39. The van der Waals surface area contributed by atoms with E-state index in [4.69, 9.17) is 0 Å². The Kier molecular flexibility index (Phi) is 52.9. The van der Waals surface area contributed by atoms with Crippen LogP contribution in [-0.4, -0.2) is 49.3 Å². The van der Waals surface area contributed by atoms with Crippen molar-refractivity contribution >= 4 is 37.7 Å². The summed E-state index contributed by atoms with van der Waals surface area (Å²) in [4.78, 5) is 0. The van der Waals surface area contributed by atoms with Crippen LogP contribution in [0.15, 0.2) is 0 Å². The topological polar surface area (TPSA) is 54.6 Å². The second-order valence-electron chi connectivity index (χ2n) is 1.05. The molecule has 7 heavy (non-hydrogen) atoms. The van der Waals surface area contributed by atoms with Crippen molar-refractivity contribution in [3.8, 4) is 0 Å². The number of hydrogen-bond donors (Lipinski definition) is 0. The second kappa shape index (κ2) is 15.7. The average molecular weight is 153 g/mol. The Hall–Kier alpha value is 1.47. The summed E-state index contributed by atoms with van der Waals surface area (Å²) < 4.78 is 0. The Balaban J connectivity index is -0.0000000150. The predicted octanol–water partition coefficient (Wildman–Crippen LogP) is -4.45. The summed E-state index contributed by atoms with van der Waals surface area (Å²) in [7, 11) is 0. The largest absolute Gasteiger partial charge is 2.00 e. The average Bonchev–Trinajstić information content (AvgIpc) is 0.811. The van der Waals surface area contributed by atoms with Crippen molar-refractivity contribution in [1.29, 1.82) is 0 Å². The first-order valence-electron chi connectivity index (χ1n) is 1.39. The van der Waals surface area contributed by atoms with E-state index in [-0.39, 0.29) is 55.6 Å². The molecule has 0 fully saturated rings. The van der Waals surface area contributed by atoms with E-state index in [1.54, 1.807) is 13.8 Å². The molecule has 0 aromatic rings. The zero-order valence-electron chi connectivity index (χ0n) is 4.57. The number of hydrogen-bond acceptors (Lipinski definition) is 1. The van der Waals surface area contributed by atoms with Crippen LogP contribution in [0.2, 0.25) is 0 Å². The summed E-state index contributed by atoms with van der Waals surface area (Å²) in [5, 5.41) is 9.53. The van der Waals surface area contributed by atoms with E-state index in [1.807, 2.05) is 0 Å². The van der Waals surface area contributed by atoms with Crippen LogP contribution in [0.5, 0.6) is 0 Å². The maximum Gasteiger partial charge on any atom is 2.00 e. The first kappa shape index (κ1) is 23.7. The van der Waals surface area contributed by atoms with Crippen LogP contribution in [0.25, 0.3) is 0 Å². The maximum absolute atomic E-state index is 9.53. The molecule has 0 aromatic heterocycles. The van der Waals surface area contributed by atoms with E-state index in [0.717, 1.165) is 0 Å². The van der Waals surface area contributed by atoms with Crippen LogP contribution < -0.4 is 17.5 Å². The van der Waals surface area contributed by atoms with Gasteiger partial charge in [-0.05, 0) is 0 Å². The van der Waals surface area contributed by atoms with E-state index >= 15 is 0 Å². The van der Waals surface area contributed by atoms with Gasteiger partial charge in [-0.1, -0.05) is 13.8 Å². The molecule has 0 amide bonds. The zero-order valence-corrected chi connectivity index (χ0v) is 7.53. The summed E-state index contributed by atoms with van der Waals surface area (Å²) in [6.45, 7) is 3.22. The van der Waals surface area contributed by atoms with Gasteiger partial charge in [0.2, 0.25) is 0 Å². The summed E-state index contributed by atoms with van der Waals surface area (Å²) in [6, 6.07) is 0. The minimum Gasteiger partial charge on any atom is -1.00 e. The summed E-state index contributed by atoms with van der Waals surface area (Å²) >= 11 is 0. The molecule has 0 aliphatic rings. The molecule has 42 valence electrons. The number of halogens is 1. The van der Waals surface area contributed by atoms with Crippen molar-refractivity contribution < 1.29 is 23.0 Å². The molecule has 0 saturated carbocycles. The van der Waals surface area contributed by atoms with Crippen LogP contribution >= 0.6 is 0 Å². The fourth-order valence-electron chi connectivity index (χ4n) is 0. The van der Waals surface area contributed by atoms with Gasteiger partial charge >= 0.3 is 37.7 Å². The van der Waals surface area contributed by atoms with Gasteiger partial charge in [-0.3, -0.25) is 0 Å². The molecule has 0 saturated heterocycles. The SMILES string of the molecule is CC(C)[O-].O.[Ca+2].[Cl-]. The molecule has 0 aliphatic heterocycles. The van der Waals surface area contributed by atoms with Gasteiger partial charge in [0.25, 0.3) is 0 Å². The Morgan fingerprint density at radius 1 is 1.29 bits per heavy atom. The number of rotatable bonds is 0. The molecular weight excluding hydrogens is 144 g/mol. The third kappa shape index (κ3) is 103. The van der Waals surface area contributed by atoms with Crippen LogP contribution in [-0.2, 0) is 0 Å². The smallest absolute Gasteiger partial charge is 1.00 e. The second-order valence-corrected chi connectivity index (χ2v) is 1.05. The van der Waals surface area contributed by atoms with Gasteiger partial charge in [0, 0.05) is 0 Å². The van der Waals surface area contributed by atoms with Crippen LogP contribution in [0.4, 0.5) is 0 Å². The molecule has 0 radical (unpaired) electrons. The van der Waals surface area contributed by atoms with Crippen LogP contribution in [0.1, 0.15) is 13.8 Å². The Bertz CT molecular complexity index is 17.7. The van der Waals surface area contributed by atoms with E-state index in [9.17, 15) is 5.11 Å². The van der Waals surface area contributed by atoms with Gasteiger partial charge in [0.15, 0.2) is 0 Å². The fraction of sp³-hybridized carbons (Fsp3) is 1.00. The minimum atomic E-state index is -0.417. The maximum atomic E-state index is 9.53. The molecular formula is C3H9CaClO2. The first-order chi connectivity index (χ1) is 1.73. The van der Waals surface area contributed by atoms with Crippen molar-refractivity contribution in [3.05, 3.63) is 0 Å². The molecule has 0 heterocycles.